The van der Waals surface area contributed by atoms with Crippen molar-refractivity contribution >= 4 is 35.8 Å². The van der Waals surface area contributed by atoms with Gasteiger partial charge in [-0.2, -0.15) is 0 Å². The van der Waals surface area contributed by atoms with E-state index in [9.17, 15) is 59.4 Å². The number of benzene rings is 2. The van der Waals surface area contributed by atoms with Crippen LogP contribution in [0.2, 0.25) is 0 Å². The van der Waals surface area contributed by atoms with Crippen molar-refractivity contribution < 1.29 is 109 Å². The van der Waals surface area contributed by atoms with Crippen LogP contribution in [-0.4, -0.2) is 116 Å². The van der Waals surface area contributed by atoms with E-state index in [0.29, 0.717) is 5.75 Å². The van der Waals surface area contributed by atoms with E-state index >= 15 is 0 Å². The molecule has 0 aliphatic heterocycles. The van der Waals surface area contributed by atoms with Gasteiger partial charge in [0.25, 0.3) is 0 Å². The Kier molecular flexibility index (Phi) is 21.6. The second-order valence-corrected chi connectivity index (χ2v) is 11.7. The molecule has 0 fully saturated rings. The number of hydrogen-bond donors (Lipinski definition) is 0. The van der Waals surface area contributed by atoms with Gasteiger partial charge in [-0.25, -0.2) is 0 Å². The zero-order valence-electron chi connectivity index (χ0n) is 28.4. The van der Waals surface area contributed by atoms with Crippen molar-refractivity contribution in [2.45, 2.75) is 45.3 Å². The summed E-state index contributed by atoms with van der Waals surface area (Å²) in [5, 5.41) is 68.4. The van der Waals surface area contributed by atoms with Crippen LogP contribution >= 0.6 is 0 Å². The van der Waals surface area contributed by atoms with Crippen LogP contribution < -0.4 is 40.1 Å². The maximum Gasteiger partial charge on any atom is 3.00 e. The minimum absolute atomic E-state index is 0. The maximum atomic E-state index is 11.6. The smallest absolute Gasteiger partial charge is 0.550 e. The van der Waals surface area contributed by atoms with Crippen LogP contribution in [0, 0.1) is 39.9 Å². The minimum atomic E-state index is -1.70. The van der Waals surface area contributed by atoms with Crippen molar-refractivity contribution in [1.82, 2.24) is 14.7 Å². The Morgan fingerprint density at radius 1 is 0.654 bits per heavy atom. The third-order valence-corrected chi connectivity index (χ3v) is 7.49. The molecule has 0 aromatic heterocycles. The molecule has 0 bridgehead atoms. The Hall–Kier alpha value is -3.94. The first-order valence-corrected chi connectivity index (χ1v) is 16.0. The predicted molar refractivity (Wildman–Crippen MR) is 163 cm³/mol. The van der Waals surface area contributed by atoms with Crippen LogP contribution in [0.1, 0.15) is 36.5 Å². The summed E-state index contributed by atoms with van der Waals surface area (Å²) in [6, 6.07) is 10.9. The number of rotatable bonds is 27. The average molecular weight is 871 g/mol. The number of hydrogen-bond acceptors (Lipinski definition) is 17. The molecule has 0 saturated carbocycles. The molecule has 1 radical (unpaired) electrons. The van der Waals surface area contributed by atoms with Crippen LogP contribution in [0.25, 0.3) is 0 Å². The second-order valence-electron chi connectivity index (χ2n) is 11.7. The Bertz CT molecular complexity index is 1460. The molecule has 52 heavy (non-hydrogen) atoms. The van der Waals surface area contributed by atoms with E-state index in [2.05, 4.69) is 6.92 Å². The quantitative estimate of drug-likeness (QED) is 0.0807. The SMILES string of the molecule is CCCCc1ccc(COc2ccc(OCC(CN(CCN(CC(=O)[O-])CC(=O)[O-])CC(=O)[O-])N(CC(=O)[O-])CC(=O)[O-])c(CC(=O)[O-])c2)cc1.[Gd+3]. The first-order chi connectivity index (χ1) is 24.1. The molecular weight excluding hydrogens is 832 g/mol. The second kappa shape index (κ2) is 24.3. The van der Waals surface area contributed by atoms with Gasteiger partial charge in [0.2, 0.25) is 0 Å². The first-order valence-electron chi connectivity index (χ1n) is 16.0. The summed E-state index contributed by atoms with van der Waals surface area (Å²) < 4.78 is 11.7. The zero-order chi connectivity index (χ0) is 37.9. The molecule has 0 spiro atoms. The van der Waals surface area contributed by atoms with Gasteiger partial charge in [0.15, 0.2) is 0 Å². The van der Waals surface area contributed by atoms with Crippen molar-refractivity contribution in [2.75, 3.05) is 59.0 Å². The Labute approximate surface area is 332 Å². The van der Waals surface area contributed by atoms with E-state index in [4.69, 9.17) is 9.47 Å². The van der Waals surface area contributed by atoms with E-state index in [0.717, 1.165) is 39.5 Å². The van der Waals surface area contributed by atoms with Gasteiger partial charge in [0, 0.05) is 70.3 Å². The average Bonchev–Trinajstić information content (AvgIpc) is 3.02. The molecule has 0 aliphatic carbocycles. The standard InChI is InChI=1S/C34H45N3O14.Gd/c1-2-3-4-23-5-7-24(8-6-23)21-50-27-9-10-28(25(13-27)14-29(38)39)51-22-26(37(19-33(46)47)20-34(48)49)15-35(16-30(40)41)11-12-36(17-31(42)43)18-32(44)45;/h5-10,13,26H,2-4,11-12,14-22H2,1H3,(H,38,39)(H,40,41)(H,42,43)(H,44,45)(H,46,47)(H,48,49);/q;+3/p-6. The number of carboxylic acid groups (broad SMARTS) is 6. The molecule has 0 saturated heterocycles. The Morgan fingerprint density at radius 2 is 1.17 bits per heavy atom. The van der Waals surface area contributed by atoms with E-state index in [1.807, 2.05) is 24.3 Å². The van der Waals surface area contributed by atoms with E-state index in [-0.39, 0.29) is 70.9 Å². The molecule has 2 aromatic carbocycles. The van der Waals surface area contributed by atoms with Gasteiger partial charge >= 0.3 is 39.9 Å². The van der Waals surface area contributed by atoms with Crippen molar-refractivity contribution in [3.8, 4) is 11.5 Å². The first kappa shape index (κ1) is 46.1. The summed E-state index contributed by atoms with van der Waals surface area (Å²) >= 11 is 0. The summed E-state index contributed by atoms with van der Waals surface area (Å²) in [5.74, 6) is -9.45. The molecule has 17 nitrogen and oxygen atoms in total. The molecule has 0 amide bonds. The summed E-state index contributed by atoms with van der Waals surface area (Å²) in [5.41, 5.74) is 2.15. The van der Waals surface area contributed by atoms with Gasteiger partial charge in [-0.3, -0.25) is 14.7 Å². The van der Waals surface area contributed by atoms with Crippen molar-refractivity contribution in [1.29, 1.82) is 0 Å². The third-order valence-electron chi connectivity index (χ3n) is 7.49. The van der Waals surface area contributed by atoms with E-state index < -0.39 is 94.2 Å². The van der Waals surface area contributed by atoms with Crippen LogP contribution in [0.5, 0.6) is 11.5 Å². The van der Waals surface area contributed by atoms with Gasteiger partial charge in [-0.15, -0.1) is 0 Å². The Morgan fingerprint density at radius 3 is 1.69 bits per heavy atom. The van der Waals surface area contributed by atoms with Gasteiger partial charge < -0.3 is 68.9 Å². The molecule has 2 aromatic rings. The van der Waals surface area contributed by atoms with Crippen LogP contribution in [-0.2, 0) is 48.2 Å². The minimum Gasteiger partial charge on any atom is -0.550 e. The predicted octanol–water partition coefficient (Wildman–Crippen LogP) is -6.70. The number of ether oxygens (including phenoxy) is 2. The van der Waals surface area contributed by atoms with Gasteiger partial charge in [0.1, 0.15) is 24.7 Å². The van der Waals surface area contributed by atoms with Crippen LogP contribution in [0.15, 0.2) is 42.5 Å². The maximum absolute atomic E-state index is 11.6. The fraction of sp³-hybridized carbons (Fsp3) is 0.471. The summed E-state index contributed by atoms with van der Waals surface area (Å²) in [7, 11) is 0. The zero-order valence-corrected chi connectivity index (χ0v) is 30.7. The monoisotopic (exact) mass is 871 g/mol. The van der Waals surface area contributed by atoms with Gasteiger partial charge in [-0.1, -0.05) is 37.6 Å². The molecule has 0 heterocycles. The van der Waals surface area contributed by atoms with Crippen molar-refractivity contribution in [3.05, 3.63) is 59.2 Å². The number of carboxylic acids is 6. The molecular formula is C34H39GdN3O14-3. The number of aliphatic carboxylic acids is 6. The van der Waals surface area contributed by atoms with Crippen LogP contribution in [0.4, 0.5) is 0 Å². The number of carbonyl (C=O) groups excluding carboxylic acids is 6. The van der Waals surface area contributed by atoms with Gasteiger partial charge in [0.05, 0.1) is 35.9 Å². The summed E-state index contributed by atoms with van der Waals surface area (Å²) in [6.07, 6.45) is 2.45. The molecule has 1 unspecified atom stereocenters. The molecule has 1 atom stereocenters. The number of aryl methyl sites for hydroxylation is 1. The number of nitrogens with zero attached hydrogens (tertiary/aromatic N) is 3. The molecule has 0 N–H and O–H groups in total. The van der Waals surface area contributed by atoms with Crippen molar-refractivity contribution in [2.24, 2.45) is 0 Å². The van der Waals surface area contributed by atoms with E-state index in [1.165, 1.54) is 23.8 Å². The largest absolute Gasteiger partial charge is 3.00 e. The van der Waals surface area contributed by atoms with E-state index in [1.54, 1.807) is 0 Å². The molecule has 2 rings (SSSR count). The number of unbranched alkanes of at least 4 members (excludes halogenated alkanes) is 1. The normalized spacial score (nSPS) is 11.5. The summed E-state index contributed by atoms with van der Waals surface area (Å²) in [4.78, 5) is 71.3. The van der Waals surface area contributed by atoms with Gasteiger partial charge in [-0.05, 0) is 42.2 Å². The number of carbonyl (C=O) groups is 6. The Balaban J connectivity index is 0.0000135. The fourth-order valence-corrected chi connectivity index (χ4v) is 5.11. The summed E-state index contributed by atoms with van der Waals surface area (Å²) in [6.45, 7) is -3.81. The molecule has 0 aliphatic rings. The molecule has 285 valence electrons. The molecule has 18 heteroatoms. The van der Waals surface area contributed by atoms with Crippen molar-refractivity contribution in [3.63, 3.8) is 0 Å². The third kappa shape index (κ3) is 19.1. The van der Waals surface area contributed by atoms with Crippen LogP contribution in [0.3, 0.4) is 0 Å². The fourth-order valence-electron chi connectivity index (χ4n) is 5.11. The topological polar surface area (TPSA) is 269 Å².